The average Bonchev–Trinajstić information content (AvgIpc) is 2.50. The first-order valence-corrected chi connectivity index (χ1v) is 6.67. The number of hydrogen-bond donors (Lipinski definition) is 2. The SMILES string of the molecule is COc1ccccc1CNCC(=O)Nc1ccc(F)cc1F. The van der Waals surface area contributed by atoms with Gasteiger partial charge in [-0.3, -0.25) is 4.79 Å². The van der Waals surface area contributed by atoms with Crippen LogP contribution in [0.1, 0.15) is 5.56 Å². The molecule has 2 rings (SSSR count). The zero-order valence-electron chi connectivity index (χ0n) is 12.0. The van der Waals surface area contributed by atoms with Crippen LogP contribution in [0.25, 0.3) is 0 Å². The molecule has 116 valence electrons. The summed E-state index contributed by atoms with van der Waals surface area (Å²) in [6.07, 6.45) is 0. The quantitative estimate of drug-likeness (QED) is 0.863. The van der Waals surface area contributed by atoms with Crippen LogP contribution in [0.2, 0.25) is 0 Å². The van der Waals surface area contributed by atoms with E-state index in [2.05, 4.69) is 10.6 Å². The first-order valence-electron chi connectivity index (χ1n) is 6.67. The number of nitrogens with one attached hydrogen (secondary N) is 2. The van der Waals surface area contributed by atoms with Gasteiger partial charge in [0.25, 0.3) is 0 Å². The number of hydrogen-bond acceptors (Lipinski definition) is 3. The van der Waals surface area contributed by atoms with E-state index in [4.69, 9.17) is 4.74 Å². The zero-order valence-corrected chi connectivity index (χ0v) is 12.0. The molecule has 22 heavy (non-hydrogen) atoms. The molecule has 0 unspecified atom stereocenters. The van der Waals surface area contributed by atoms with Crippen molar-refractivity contribution >= 4 is 11.6 Å². The maximum Gasteiger partial charge on any atom is 0.238 e. The third kappa shape index (κ3) is 4.26. The normalized spacial score (nSPS) is 10.3. The molecule has 4 nitrogen and oxygen atoms in total. The Bertz CT molecular complexity index is 662. The lowest BCUT2D eigenvalue weighted by molar-refractivity contribution is -0.115. The molecule has 0 aromatic heterocycles. The van der Waals surface area contributed by atoms with Crippen LogP contribution >= 0.6 is 0 Å². The number of carbonyl (C=O) groups is 1. The molecule has 0 saturated carbocycles. The fourth-order valence-electron chi connectivity index (χ4n) is 1.94. The van der Waals surface area contributed by atoms with Gasteiger partial charge in [0.2, 0.25) is 5.91 Å². The van der Waals surface area contributed by atoms with E-state index in [1.165, 1.54) is 6.07 Å². The standard InChI is InChI=1S/C16H16F2N2O2/c1-22-15-5-3-2-4-11(15)9-19-10-16(21)20-14-7-6-12(17)8-13(14)18/h2-8,19H,9-10H2,1H3,(H,20,21). The van der Waals surface area contributed by atoms with Gasteiger partial charge >= 0.3 is 0 Å². The number of carbonyl (C=O) groups excluding carboxylic acids is 1. The van der Waals surface area contributed by atoms with Crippen molar-refractivity contribution < 1.29 is 18.3 Å². The summed E-state index contributed by atoms with van der Waals surface area (Å²) in [5.74, 6) is -1.19. The molecular formula is C16H16F2N2O2. The van der Waals surface area contributed by atoms with Gasteiger partial charge in [0.1, 0.15) is 17.4 Å². The highest BCUT2D eigenvalue weighted by Crippen LogP contribution is 2.17. The van der Waals surface area contributed by atoms with E-state index < -0.39 is 17.5 Å². The van der Waals surface area contributed by atoms with E-state index in [0.717, 1.165) is 23.4 Å². The summed E-state index contributed by atoms with van der Waals surface area (Å²) in [5.41, 5.74) is 0.858. The minimum absolute atomic E-state index is 0.00509. The Labute approximate surface area is 127 Å². The Morgan fingerprint density at radius 2 is 1.95 bits per heavy atom. The number of benzene rings is 2. The second-order valence-electron chi connectivity index (χ2n) is 4.59. The second kappa shape index (κ2) is 7.51. The molecule has 0 radical (unpaired) electrons. The van der Waals surface area contributed by atoms with Crippen molar-refractivity contribution in [3.05, 3.63) is 59.7 Å². The van der Waals surface area contributed by atoms with Crippen molar-refractivity contribution in [1.29, 1.82) is 0 Å². The van der Waals surface area contributed by atoms with Crippen molar-refractivity contribution in [2.45, 2.75) is 6.54 Å². The zero-order chi connectivity index (χ0) is 15.9. The molecule has 1 amide bonds. The Kier molecular flexibility index (Phi) is 5.43. The predicted octanol–water partition coefficient (Wildman–Crippen LogP) is 2.70. The van der Waals surface area contributed by atoms with Crippen LogP contribution in [0.5, 0.6) is 5.75 Å². The van der Waals surface area contributed by atoms with Crippen LogP contribution in [0.4, 0.5) is 14.5 Å². The molecule has 0 saturated heterocycles. The first-order chi connectivity index (χ1) is 10.6. The Morgan fingerprint density at radius 1 is 1.18 bits per heavy atom. The van der Waals surface area contributed by atoms with Gasteiger partial charge < -0.3 is 15.4 Å². The minimum atomic E-state index is -0.807. The van der Waals surface area contributed by atoms with Gasteiger partial charge in [0, 0.05) is 18.2 Å². The molecule has 0 heterocycles. The van der Waals surface area contributed by atoms with E-state index >= 15 is 0 Å². The number of rotatable bonds is 6. The summed E-state index contributed by atoms with van der Waals surface area (Å²) in [6, 6.07) is 10.4. The van der Waals surface area contributed by atoms with Gasteiger partial charge in [-0.1, -0.05) is 18.2 Å². The average molecular weight is 306 g/mol. The smallest absolute Gasteiger partial charge is 0.238 e. The molecule has 0 atom stereocenters. The van der Waals surface area contributed by atoms with E-state index in [1.54, 1.807) is 7.11 Å². The van der Waals surface area contributed by atoms with Crippen LogP contribution in [-0.2, 0) is 11.3 Å². The van der Waals surface area contributed by atoms with E-state index in [9.17, 15) is 13.6 Å². The summed E-state index contributed by atoms with van der Waals surface area (Å²) in [4.78, 5) is 11.7. The summed E-state index contributed by atoms with van der Waals surface area (Å²) >= 11 is 0. The lowest BCUT2D eigenvalue weighted by Gasteiger charge is -2.10. The minimum Gasteiger partial charge on any atom is -0.496 e. The van der Waals surface area contributed by atoms with Crippen LogP contribution < -0.4 is 15.4 Å². The van der Waals surface area contributed by atoms with Crippen molar-refractivity contribution in [3.63, 3.8) is 0 Å². The molecule has 0 aliphatic rings. The third-order valence-electron chi connectivity index (χ3n) is 3.00. The Balaban J connectivity index is 1.85. The van der Waals surface area contributed by atoms with Crippen LogP contribution in [0.15, 0.2) is 42.5 Å². The second-order valence-corrected chi connectivity index (χ2v) is 4.59. The number of halogens is 2. The molecule has 2 aromatic carbocycles. The van der Waals surface area contributed by atoms with Gasteiger partial charge in [-0.25, -0.2) is 8.78 Å². The van der Waals surface area contributed by atoms with Gasteiger partial charge in [-0.05, 0) is 18.2 Å². The van der Waals surface area contributed by atoms with Crippen molar-refractivity contribution in [3.8, 4) is 5.75 Å². The monoisotopic (exact) mass is 306 g/mol. The molecular weight excluding hydrogens is 290 g/mol. The molecule has 6 heteroatoms. The largest absolute Gasteiger partial charge is 0.496 e. The van der Waals surface area contributed by atoms with Gasteiger partial charge in [-0.15, -0.1) is 0 Å². The summed E-state index contributed by atoms with van der Waals surface area (Å²) in [7, 11) is 1.57. The number of para-hydroxylation sites is 1. The molecule has 0 fully saturated rings. The lowest BCUT2D eigenvalue weighted by Crippen LogP contribution is -2.28. The predicted molar refractivity (Wildman–Crippen MR) is 79.7 cm³/mol. The van der Waals surface area contributed by atoms with Gasteiger partial charge in [0.15, 0.2) is 0 Å². The van der Waals surface area contributed by atoms with Crippen LogP contribution in [-0.4, -0.2) is 19.6 Å². The topological polar surface area (TPSA) is 50.4 Å². The van der Waals surface area contributed by atoms with Crippen molar-refractivity contribution in [1.82, 2.24) is 5.32 Å². The van der Waals surface area contributed by atoms with Crippen LogP contribution in [0, 0.1) is 11.6 Å². The summed E-state index contributed by atoms with van der Waals surface area (Å²) in [6.45, 7) is 0.429. The Hall–Kier alpha value is -2.47. The number of amides is 1. The van der Waals surface area contributed by atoms with E-state index in [1.807, 2.05) is 24.3 Å². The first kappa shape index (κ1) is 15.9. The lowest BCUT2D eigenvalue weighted by atomic mass is 10.2. The maximum absolute atomic E-state index is 13.4. The molecule has 2 N–H and O–H groups in total. The molecule has 0 spiro atoms. The number of anilines is 1. The highest BCUT2D eigenvalue weighted by molar-refractivity contribution is 5.92. The number of methoxy groups -OCH3 is 1. The molecule has 2 aromatic rings. The summed E-state index contributed by atoms with van der Waals surface area (Å²) < 4.78 is 31.4. The van der Waals surface area contributed by atoms with Crippen molar-refractivity contribution in [2.75, 3.05) is 19.0 Å². The highest BCUT2D eigenvalue weighted by atomic mass is 19.1. The molecule has 0 aliphatic heterocycles. The van der Waals surface area contributed by atoms with Gasteiger partial charge in [0.05, 0.1) is 19.3 Å². The molecule has 0 aliphatic carbocycles. The van der Waals surface area contributed by atoms with Gasteiger partial charge in [-0.2, -0.15) is 0 Å². The maximum atomic E-state index is 13.4. The fourth-order valence-corrected chi connectivity index (χ4v) is 1.94. The van der Waals surface area contributed by atoms with Crippen LogP contribution in [0.3, 0.4) is 0 Å². The fraction of sp³-hybridized carbons (Fsp3) is 0.188. The number of ether oxygens (including phenoxy) is 1. The molecule has 0 bridgehead atoms. The summed E-state index contributed by atoms with van der Waals surface area (Å²) in [5, 5.41) is 5.32. The third-order valence-corrected chi connectivity index (χ3v) is 3.00. The Morgan fingerprint density at radius 3 is 2.68 bits per heavy atom. The van der Waals surface area contributed by atoms with E-state index in [0.29, 0.717) is 6.54 Å². The van der Waals surface area contributed by atoms with E-state index in [-0.39, 0.29) is 12.2 Å². The highest BCUT2D eigenvalue weighted by Gasteiger charge is 2.08. The van der Waals surface area contributed by atoms with Crippen molar-refractivity contribution in [2.24, 2.45) is 0 Å².